The third-order valence-corrected chi connectivity index (χ3v) is 3.65. The highest BCUT2D eigenvalue weighted by Crippen LogP contribution is 2.34. The van der Waals surface area contributed by atoms with Gasteiger partial charge in [0, 0.05) is 19.1 Å². The highest BCUT2D eigenvalue weighted by molar-refractivity contribution is 4.97. The Morgan fingerprint density at radius 1 is 1.42 bits per heavy atom. The van der Waals surface area contributed by atoms with E-state index in [1.165, 1.54) is 12.8 Å². The maximum absolute atomic E-state index is 5.69. The number of aromatic nitrogens is 2. The highest BCUT2D eigenvalue weighted by atomic mass is 16.5. The lowest BCUT2D eigenvalue weighted by Gasteiger charge is -2.16. The summed E-state index contributed by atoms with van der Waals surface area (Å²) in [5.41, 5.74) is 0. The van der Waals surface area contributed by atoms with Crippen LogP contribution >= 0.6 is 0 Å². The Hall–Kier alpha value is -0.940. The monoisotopic (exact) mass is 267 g/mol. The van der Waals surface area contributed by atoms with Gasteiger partial charge in [-0.25, -0.2) is 0 Å². The van der Waals surface area contributed by atoms with E-state index in [9.17, 15) is 0 Å². The molecular formula is C14H25N3O2. The van der Waals surface area contributed by atoms with Crippen molar-refractivity contribution >= 4 is 0 Å². The van der Waals surface area contributed by atoms with Crippen molar-refractivity contribution in [2.45, 2.75) is 52.2 Å². The first kappa shape index (κ1) is 14.5. The molecule has 1 fully saturated rings. The van der Waals surface area contributed by atoms with Gasteiger partial charge in [0.15, 0.2) is 0 Å². The zero-order valence-electron chi connectivity index (χ0n) is 12.3. The highest BCUT2D eigenvalue weighted by Gasteiger charge is 2.32. The molecule has 2 unspecified atom stereocenters. The summed E-state index contributed by atoms with van der Waals surface area (Å²) in [5, 5.41) is 7.42. The average Bonchev–Trinajstić information content (AvgIpc) is 3.13. The van der Waals surface area contributed by atoms with E-state index in [1.54, 1.807) is 0 Å². The Balaban J connectivity index is 2.00. The summed E-state index contributed by atoms with van der Waals surface area (Å²) in [4.78, 5) is 4.51. The largest absolute Gasteiger partial charge is 0.370 e. The number of nitrogens with zero attached hydrogens (tertiary/aromatic N) is 2. The van der Waals surface area contributed by atoms with Crippen molar-refractivity contribution in [3.63, 3.8) is 0 Å². The first-order chi connectivity index (χ1) is 9.15. The second kappa shape index (κ2) is 6.48. The summed E-state index contributed by atoms with van der Waals surface area (Å²) in [6.45, 7) is 6.86. The minimum Gasteiger partial charge on any atom is -0.370 e. The molecule has 0 spiro atoms. The third kappa shape index (κ3) is 3.76. The summed E-state index contributed by atoms with van der Waals surface area (Å²) in [7, 11) is 2.00. The molecule has 0 aliphatic heterocycles. The number of hydrogen-bond acceptors (Lipinski definition) is 5. The van der Waals surface area contributed by atoms with Crippen LogP contribution in [0.5, 0.6) is 0 Å². The van der Waals surface area contributed by atoms with Gasteiger partial charge in [-0.3, -0.25) is 0 Å². The summed E-state index contributed by atoms with van der Waals surface area (Å²) in [6, 6.07) is 0.456. The molecule has 2 atom stereocenters. The predicted octanol–water partition coefficient (Wildman–Crippen LogP) is 2.34. The van der Waals surface area contributed by atoms with Crippen LogP contribution in [0.4, 0.5) is 0 Å². The van der Waals surface area contributed by atoms with Crippen LogP contribution in [-0.4, -0.2) is 29.8 Å². The molecule has 108 valence electrons. The molecule has 0 saturated heterocycles. The molecule has 0 amide bonds. The first-order valence-electron chi connectivity index (χ1n) is 7.27. The first-order valence-corrected chi connectivity index (χ1v) is 7.27. The van der Waals surface area contributed by atoms with Crippen LogP contribution in [0.25, 0.3) is 0 Å². The molecule has 1 aromatic rings. The number of likely N-dealkylation sites (N-methyl/N-ethyl adjacent to an activating group) is 1. The molecular weight excluding hydrogens is 242 g/mol. The summed E-state index contributed by atoms with van der Waals surface area (Å²) in [5.74, 6) is 2.51. The molecule has 1 saturated carbocycles. The Morgan fingerprint density at radius 2 is 2.16 bits per heavy atom. The van der Waals surface area contributed by atoms with Crippen LogP contribution in [0.1, 0.15) is 51.4 Å². The van der Waals surface area contributed by atoms with Crippen molar-refractivity contribution in [2.24, 2.45) is 11.8 Å². The van der Waals surface area contributed by atoms with E-state index in [0.29, 0.717) is 30.3 Å². The van der Waals surface area contributed by atoms with E-state index in [-0.39, 0.29) is 6.10 Å². The number of nitrogens with one attached hydrogen (secondary N) is 1. The Bertz CT molecular complexity index is 388. The van der Waals surface area contributed by atoms with Gasteiger partial charge in [-0.15, -0.1) is 0 Å². The van der Waals surface area contributed by atoms with Crippen molar-refractivity contribution < 1.29 is 9.26 Å². The molecule has 1 aliphatic carbocycles. The number of hydrogen-bond donors (Lipinski definition) is 1. The fourth-order valence-corrected chi connectivity index (χ4v) is 2.40. The quantitative estimate of drug-likeness (QED) is 0.783. The van der Waals surface area contributed by atoms with Gasteiger partial charge >= 0.3 is 0 Å². The van der Waals surface area contributed by atoms with E-state index >= 15 is 0 Å². The fraction of sp³-hybridized carbons (Fsp3) is 0.857. The van der Waals surface area contributed by atoms with Gasteiger partial charge in [-0.2, -0.15) is 4.98 Å². The van der Waals surface area contributed by atoms with Crippen LogP contribution in [0.3, 0.4) is 0 Å². The lowest BCUT2D eigenvalue weighted by atomic mass is 10.1. The van der Waals surface area contributed by atoms with E-state index in [4.69, 9.17) is 9.26 Å². The average molecular weight is 267 g/mol. The Morgan fingerprint density at radius 3 is 2.68 bits per heavy atom. The van der Waals surface area contributed by atoms with Crippen molar-refractivity contribution in [2.75, 3.05) is 13.7 Å². The minimum atomic E-state index is -0.0727. The standard InChI is InChI=1S/C14H25N3O2/c1-5-18-13(9(2)3)14-16-12(19-17-14)8-11(15-4)10-6-7-10/h9-11,13,15H,5-8H2,1-4H3. The van der Waals surface area contributed by atoms with E-state index < -0.39 is 0 Å². The topological polar surface area (TPSA) is 60.2 Å². The van der Waals surface area contributed by atoms with Gasteiger partial charge < -0.3 is 14.6 Å². The predicted molar refractivity (Wildman–Crippen MR) is 72.8 cm³/mol. The molecule has 1 aliphatic rings. The SMILES string of the molecule is CCOC(c1noc(CC(NC)C2CC2)n1)C(C)C. The molecule has 5 heteroatoms. The van der Waals surface area contributed by atoms with E-state index in [0.717, 1.165) is 12.3 Å². The molecule has 1 heterocycles. The van der Waals surface area contributed by atoms with Gasteiger partial charge in [0.1, 0.15) is 6.10 Å². The maximum Gasteiger partial charge on any atom is 0.228 e. The fourth-order valence-electron chi connectivity index (χ4n) is 2.40. The van der Waals surface area contributed by atoms with Crippen LogP contribution in [0.15, 0.2) is 4.52 Å². The minimum absolute atomic E-state index is 0.0727. The molecule has 1 N–H and O–H groups in total. The van der Waals surface area contributed by atoms with Crippen molar-refractivity contribution in [3.8, 4) is 0 Å². The van der Waals surface area contributed by atoms with Crippen molar-refractivity contribution in [3.05, 3.63) is 11.7 Å². The van der Waals surface area contributed by atoms with Gasteiger partial charge in [-0.05, 0) is 38.6 Å². The van der Waals surface area contributed by atoms with E-state index in [2.05, 4.69) is 29.3 Å². The maximum atomic E-state index is 5.69. The third-order valence-electron chi connectivity index (χ3n) is 3.65. The van der Waals surface area contributed by atoms with Gasteiger partial charge in [0.25, 0.3) is 0 Å². The second-order valence-electron chi connectivity index (χ2n) is 5.60. The van der Waals surface area contributed by atoms with Crippen molar-refractivity contribution in [1.82, 2.24) is 15.5 Å². The van der Waals surface area contributed by atoms with Crippen molar-refractivity contribution in [1.29, 1.82) is 0 Å². The normalized spacial score (nSPS) is 18.8. The molecule has 1 aromatic heterocycles. The molecule has 5 nitrogen and oxygen atoms in total. The molecule has 0 aromatic carbocycles. The summed E-state index contributed by atoms with van der Waals surface area (Å²) < 4.78 is 11.1. The molecule has 0 bridgehead atoms. The smallest absolute Gasteiger partial charge is 0.228 e. The van der Waals surface area contributed by atoms with Gasteiger partial charge in [0.05, 0.1) is 0 Å². The molecule has 2 rings (SSSR count). The number of ether oxygens (including phenoxy) is 1. The lowest BCUT2D eigenvalue weighted by Crippen LogP contribution is -2.29. The van der Waals surface area contributed by atoms with E-state index in [1.807, 2.05) is 14.0 Å². The zero-order valence-corrected chi connectivity index (χ0v) is 12.3. The number of rotatable bonds is 8. The van der Waals surface area contributed by atoms with Gasteiger partial charge in [-0.1, -0.05) is 19.0 Å². The van der Waals surface area contributed by atoms with Crippen LogP contribution in [0.2, 0.25) is 0 Å². The Kier molecular flexibility index (Phi) is 4.93. The van der Waals surface area contributed by atoms with Crippen LogP contribution in [-0.2, 0) is 11.2 Å². The molecule has 0 radical (unpaired) electrons. The molecule has 19 heavy (non-hydrogen) atoms. The van der Waals surface area contributed by atoms with Gasteiger partial charge in [0.2, 0.25) is 11.7 Å². The van der Waals surface area contributed by atoms with Crippen LogP contribution in [0, 0.1) is 11.8 Å². The Labute approximate surface area is 115 Å². The summed E-state index contributed by atoms with van der Waals surface area (Å²) in [6.07, 6.45) is 3.35. The summed E-state index contributed by atoms with van der Waals surface area (Å²) >= 11 is 0. The van der Waals surface area contributed by atoms with Crippen LogP contribution < -0.4 is 5.32 Å². The second-order valence-corrected chi connectivity index (χ2v) is 5.60. The lowest BCUT2D eigenvalue weighted by molar-refractivity contribution is 0.0217. The zero-order chi connectivity index (χ0) is 13.8.